The van der Waals surface area contributed by atoms with Crippen LogP contribution in [0.15, 0.2) is 95.4 Å². The van der Waals surface area contributed by atoms with E-state index in [1.54, 1.807) is 0 Å². The largest absolute Gasteiger partial charge is 0.456 e. The van der Waals surface area contributed by atoms with Crippen molar-refractivity contribution in [1.29, 1.82) is 0 Å². The molecule has 4 aromatic carbocycles. The van der Waals surface area contributed by atoms with Crippen LogP contribution in [0.2, 0.25) is 0 Å². The molecular weight excluding hydrogens is 478 g/mol. The number of fused-ring (bicyclic) bond motifs is 3. The SMILES string of the molecule is CC(C)(C)c1c(-c2nc(-c3ccccc3)nc(-c3ccccc3)n2)ccc2c1oc1cccc(C(C)(C)C)c12. The van der Waals surface area contributed by atoms with E-state index in [1.807, 2.05) is 60.7 Å². The van der Waals surface area contributed by atoms with Crippen LogP contribution in [0, 0.1) is 0 Å². The van der Waals surface area contributed by atoms with Crippen LogP contribution in [0.3, 0.4) is 0 Å². The molecule has 0 aliphatic carbocycles. The number of benzene rings is 4. The third kappa shape index (κ3) is 4.50. The Morgan fingerprint density at radius 1 is 0.538 bits per heavy atom. The van der Waals surface area contributed by atoms with Crippen LogP contribution in [-0.2, 0) is 10.8 Å². The summed E-state index contributed by atoms with van der Waals surface area (Å²) in [6.07, 6.45) is 0. The molecule has 0 fully saturated rings. The first kappa shape index (κ1) is 25.0. The van der Waals surface area contributed by atoms with Gasteiger partial charge >= 0.3 is 0 Å². The molecule has 2 heterocycles. The molecule has 0 atom stereocenters. The number of rotatable bonds is 3. The van der Waals surface area contributed by atoms with Crippen molar-refractivity contribution in [2.45, 2.75) is 52.4 Å². The third-order valence-corrected chi connectivity index (χ3v) is 7.16. The van der Waals surface area contributed by atoms with E-state index in [0.29, 0.717) is 17.5 Å². The van der Waals surface area contributed by atoms with E-state index in [0.717, 1.165) is 38.8 Å². The van der Waals surface area contributed by atoms with Crippen molar-refractivity contribution in [3.63, 3.8) is 0 Å². The molecule has 0 radical (unpaired) electrons. The topological polar surface area (TPSA) is 51.8 Å². The number of hydrogen-bond donors (Lipinski definition) is 0. The summed E-state index contributed by atoms with van der Waals surface area (Å²) in [5.74, 6) is 1.95. The van der Waals surface area contributed by atoms with E-state index in [9.17, 15) is 0 Å². The Labute approximate surface area is 229 Å². The van der Waals surface area contributed by atoms with Gasteiger partial charge in [0.05, 0.1) is 0 Å². The fourth-order valence-corrected chi connectivity index (χ4v) is 5.37. The van der Waals surface area contributed by atoms with Crippen LogP contribution in [-0.4, -0.2) is 15.0 Å². The molecular formula is C35H33N3O. The maximum absolute atomic E-state index is 6.67. The molecule has 4 heteroatoms. The zero-order valence-corrected chi connectivity index (χ0v) is 23.4. The van der Waals surface area contributed by atoms with E-state index in [4.69, 9.17) is 19.4 Å². The zero-order valence-electron chi connectivity index (χ0n) is 23.4. The summed E-state index contributed by atoms with van der Waals surface area (Å²) in [6, 6.07) is 30.9. The Hall–Kier alpha value is -4.31. The Kier molecular flexibility index (Phi) is 5.87. The highest BCUT2D eigenvalue weighted by atomic mass is 16.3. The summed E-state index contributed by atoms with van der Waals surface area (Å²) in [5.41, 5.74) is 6.82. The summed E-state index contributed by atoms with van der Waals surface area (Å²) >= 11 is 0. The summed E-state index contributed by atoms with van der Waals surface area (Å²) in [4.78, 5) is 14.9. The molecule has 0 N–H and O–H groups in total. The minimum atomic E-state index is -0.225. The predicted molar refractivity (Wildman–Crippen MR) is 161 cm³/mol. The minimum Gasteiger partial charge on any atom is -0.456 e. The van der Waals surface area contributed by atoms with Crippen LogP contribution in [0.25, 0.3) is 56.1 Å². The normalized spacial score (nSPS) is 12.4. The van der Waals surface area contributed by atoms with Crippen LogP contribution in [0.5, 0.6) is 0 Å². The predicted octanol–water partition coefficient (Wildman–Crippen LogP) is 9.37. The molecule has 0 bridgehead atoms. The summed E-state index contributed by atoms with van der Waals surface area (Å²) in [5, 5.41) is 2.31. The van der Waals surface area contributed by atoms with E-state index in [1.165, 1.54) is 10.9 Å². The molecule has 4 nitrogen and oxygen atoms in total. The Bertz CT molecular complexity index is 1750. The average Bonchev–Trinajstić information content (AvgIpc) is 3.30. The van der Waals surface area contributed by atoms with Gasteiger partial charge in [-0.2, -0.15) is 0 Å². The van der Waals surface area contributed by atoms with Crippen LogP contribution in [0.1, 0.15) is 52.7 Å². The highest BCUT2D eigenvalue weighted by Gasteiger charge is 2.29. The van der Waals surface area contributed by atoms with Gasteiger partial charge in [-0.05, 0) is 34.6 Å². The van der Waals surface area contributed by atoms with Gasteiger partial charge in [-0.1, -0.05) is 114 Å². The van der Waals surface area contributed by atoms with Gasteiger partial charge in [0.1, 0.15) is 11.2 Å². The molecule has 0 amide bonds. The van der Waals surface area contributed by atoms with E-state index >= 15 is 0 Å². The molecule has 0 aliphatic heterocycles. The van der Waals surface area contributed by atoms with Gasteiger partial charge in [0, 0.05) is 33.0 Å². The maximum Gasteiger partial charge on any atom is 0.164 e. The summed E-state index contributed by atoms with van der Waals surface area (Å²) in [6.45, 7) is 13.4. The first-order valence-corrected chi connectivity index (χ1v) is 13.5. The Morgan fingerprint density at radius 2 is 1.10 bits per heavy atom. The van der Waals surface area contributed by atoms with Gasteiger partial charge in [0.2, 0.25) is 0 Å². The lowest BCUT2D eigenvalue weighted by Crippen LogP contribution is -2.14. The van der Waals surface area contributed by atoms with Crippen molar-refractivity contribution in [3.8, 4) is 34.2 Å². The summed E-state index contributed by atoms with van der Waals surface area (Å²) < 4.78 is 6.67. The molecule has 2 aromatic heterocycles. The molecule has 39 heavy (non-hydrogen) atoms. The standard InChI is InChI=1S/C35H33N3O/c1-34(2,3)26-18-13-19-27-28(26)24-20-21-25(29(30(24)39-27)35(4,5)6)33-37-31(22-14-9-7-10-15-22)36-32(38-33)23-16-11-8-12-17-23/h7-21H,1-6H3. The zero-order chi connectivity index (χ0) is 27.4. The second-order valence-electron chi connectivity index (χ2n) is 12.2. The molecule has 0 saturated carbocycles. The van der Waals surface area contributed by atoms with Gasteiger partial charge in [-0.15, -0.1) is 0 Å². The number of furan rings is 1. The number of aromatic nitrogens is 3. The third-order valence-electron chi connectivity index (χ3n) is 7.16. The first-order valence-electron chi connectivity index (χ1n) is 13.5. The minimum absolute atomic E-state index is 0.0136. The van der Waals surface area contributed by atoms with Gasteiger partial charge in [0.15, 0.2) is 17.5 Å². The van der Waals surface area contributed by atoms with E-state index < -0.39 is 0 Å². The molecule has 0 aliphatic rings. The number of nitrogens with zero attached hydrogens (tertiary/aromatic N) is 3. The second kappa shape index (κ2) is 9.16. The van der Waals surface area contributed by atoms with Crippen LogP contribution >= 0.6 is 0 Å². The first-order chi connectivity index (χ1) is 18.6. The Morgan fingerprint density at radius 3 is 1.64 bits per heavy atom. The molecule has 0 unspecified atom stereocenters. The molecule has 6 rings (SSSR count). The van der Waals surface area contributed by atoms with Crippen molar-refractivity contribution in [1.82, 2.24) is 15.0 Å². The fraction of sp³-hybridized carbons (Fsp3) is 0.229. The molecule has 0 spiro atoms. The second-order valence-corrected chi connectivity index (χ2v) is 12.2. The molecule has 0 saturated heterocycles. The van der Waals surface area contributed by atoms with Gasteiger partial charge < -0.3 is 4.42 Å². The Balaban J connectivity index is 1.68. The average molecular weight is 512 g/mol. The lowest BCUT2D eigenvalue weighted by Gasteiger charge is -2.23. The van der Waals surface area contributed by atoms with Crippen molar-refractivity contribution in [2.24, 2.45) is 0 Å². The fourth-order valence-electron chi connectivity index (χ4n) is 5.37. The molecule has 194 valence electrons. The monoisotopic (exact) mass is 511 g/mol. The maximum atomic E-state index is 6.67. The highest BCUT2D eigenvalue weighted by Crippen LogP contribution is 2.44. The lowest BCUT2D eigenvalue weighted by atomic mass is 9.80. The van der Waals surface area contributed by atoms with Gasteiger partial charge in [-0.25, -0.2) is 15.0 Å². The highest BCUT2D eigenvalue weighted by molar-refractivity contribution is 6.09. The smallest absolute Gasteiger partial charge is 0.164 e. The van der Waals surface area contributed by atoms with E-state index in [-0.39, 0.29) is 10.8 Å². The summed E-state index contributed by atoms with van der Waals surface area (Å²) in [7, 11) is 0. The van der Waals surface area contributed by atoms with Crippen molar-refractivity contribution >= 4 is 21.9 Å². The lowest BCUT2D eigenvalue weighted by molar-refractivity contribution is 0.573. The van der Waals surface area contributed by atoms with Crippen LogP contribution < -0.4 is 0 Å². The van der Waals surface area contributed by atoms with Crippen LogP contribution in [0.4, 0.5) is 0 Å². The van der Waals surface area contributed by atoms with Gasteiger partial charge in [0.25, 0.3) is 0 Å². The molecule has 6 aromatic rings. The van der Waals surface area contributed by atoms with E-state index in [2.05, 4.69) is 71.9 Å². The number of hydrogen-bond acceptors (Lipinski definition) is 4. The van der Waals surface area contributed by atoms with Crippen molar-refractivity contribution in [2.75, 3.05) is 0 Å². The van der Waals surface area contributed by atoms with Gasteiger partial charge in [-0.3, -0.25) is 0 Å². The van der Waals surface area contributed by atoms with Crippen molar-refractivity contribution in [3.05, 3.63) is 102 Å². The van der Waals surface area contributed by atoms with Crippen molar-refractivity contribution < 1.29 is 4.42 Å². The quantitative estimate of drug-likeness (QED) is 0.237.